The van der Waals surface area contributed by atoms with Gasteiger partial charge in [-0.2, -0.15) is 5.10 Å². The number of hydrogen-bond acceptors (Lipinski definition) is 5. The zero-order chi connectivity index (χ0) is 15.9. The lowest BCUT2D eigenvalue weighted by atomic mass is 10.3. The Morgan fingerprint density at radius 1 is 1.38 bits per heavy atom. The van der Waals surface area contributed by atoms with Crippen LogP contribution >= 0.6 is 10.7 Å². The molecule has 120 valence electrons. The van der Waals surface area contributed by atoms with E-state index in [1.165, 1.54) is 6.92 Å². The lowest BCUT2D eigenvalue weighted by Crippen LogP contribution is -2.26. The maximum atomic E-state index is 11.9. The van der Waals surface area contributed by atoms with Crippen LogP contribution in [0, 0.1) is 6.92 Å². The van der Waals surface area contributed by atoms with Crippen LogP contribution in [0.25, 0.3) is 0 Å². The minimum Gasteiger partial charge on any atom is -0.381 e. The molecule has 1 heterocycles. The topological polar surface area (TPSA) is 101 Å². The Bertz CT molecular complexity index is 571. The van der Waals surface area contributed by atoms with Crippen molar-refractivity contribution in [2.45, 2.75) is 38.0 Å². The summed E-state index contributed by atoms with van der Waals surface area (Å²) in [5.74, 6) is -0.577. The van der Waals surface area contributed by atoms with E-state index >= 15 is 0 Å². The van der Waals surface area contributed by atoms with Crippen LogP contribution in [-0.4, -0.2) is 44.3 Å². The van der Waals surface area contributed by atoms with Gasteiger partial charge in [0.1, 0.15) is 4.90 Å². The molecule has 0 aliphatic carbocycles. The number of unbranched alkanes of at least 4 members (excludes halogenated alkanes) is 1. The summed E-state index contributed by atoms with van der Waals surface area (Å²) < 4.78 is 28.2. The number of ether oxygens (including phenoxy) is 1. The van der Waals surface area contributed by atoms with Crippen LogP contribution in [0.1, 0.15) is 42.4 Å². The normalized spacial score (nSPS) is 11.6. The molecule has 0 aliphatic heterocycles. The van der Waals surface area contributed by atoms with Crippen molar-refractivity contribution < 1.29 is 17.9 Å². The fourth-order valence-corrected chi connectivity index (χ4v) is 3.03. The second-order valence-corrected chi connectivity index (χ2v) is 7.04. The minimum atomic E-state index is -4.02. The van der Waals surface area contributed by atoms with E-state index in [1.54, 1.807) is 0 Å². The zero-order valence-electron chi connectivity index (χ0n) is 12.1. The highest BCUT2D eigenvalue weighted by molar-refractivity contribution is 8.13. The van der Waals surface area contributed by atoms with Gasteiger partial charge in [-0.1, -0.05) is 13.3 Å². The fraction of sp³-hybridized carbons (Fsp3) is 0.667. The van der Waals surface area contributed by atoms with Gasteiger partial charge in [0.2, 0.25) is 0 Å². The van der Waals surface area contributed by atoms with Crippen molar-refractivity contribution in [1.29, 1.82) is 0 Å². The highest BCUT2D eigenvalue weighted by Crippen LogP contribution is 2.21. The first-order chi connectivity index (χ1) is 9.88. The summed E-state index contributed by atoms with van der Waals surface area (Å²) in [4.78, 5) is 11.6. The number of carbonyl (C=O) groups is 1. The summed E-state index contributed by atoms with van der Waals surface area (Å²) >= 11 is 0. The number of nitrogens with zero attached hydrogens (tertiary/aromatic N) is 1. The molecule has 1 amide bonds. The maximum Gasteiger partial charge on any atom is 0.273 e. The van der Waals surface area contributed by atoms with Gasteiger partial charge in [-0.05, 0) is 19.8 Å². The van der Waals surface area contributed by atoms with Gasteiger partial charge in [0.05, 0.1) is 5.69 Å². The Labute approximate surface area is 128 Å². The molecule has 0 spiro atoms. The van der Waals surface area contributed by atoms with E-state index in [2.05, 4.69) is 22.4 Å². The van der Waals surface area contributed by atoms with Crippen molar-refractivity contribution in [3.63, 3.8) is 0 Å². The third-order valence-electron chi connectivity index (χ3n) is 2.74. The molecule has 0 bridgehead atoms. The van der Waals surface area contributed by atoms with Gasteiger partial charge in [0.15, 0.2) is 5.69 Å². The summed E-state index contributed by atoms with van der Waals surface area (Å²) in [6.07, 6.45) is 2.72. The van der Waals surface area contributed by atoms with E-state index in [-0.39, 0.29) is 16.3 Å². The molecular weight excluding hydrogens is 318 g/mol. The van der Waals surface area contributed by atoms with Crippen molar-refractivity contribution in [2.75, 3.05) is 19.8 Å². The maximum absolute atomic E-state index is 11.9. The largest absolute Gasteiger partial charge is 0.381 e. The van der Waals surface area contributed by atoms with Gasteiger partial charge >= 0.3 is 0 Å². The first kappa shape index (κ1) is 17.9. The van der Waals surface area contributed by atoms with E-state index in [0.717, 1.165) is 12.8 Å². The molecular formula is C12H20ClN3O4S. The third kappa shape index (κ3) is 5.64. The van der Waals surface area contributed by atoms with Crippen molar-refractivity contribution in [2.24, 2.45) is 0 Å². The first-order valence-corrected chi connectivity index (χ1v) is 9.04. The number of halogens is 1. The summed E-state index contributed by atoms with van der Waals surface area (Å²) in [6, 6.07) is 0. The summed E-state index contributed by atoms with van der Waals surface area (Å²) in [5, 5.41) is 8.73. The second-order valence-electron chi connectivity index (χ2n) is 4.54. The van der Waals surface area contributed by atoms with E-state index < -0.39 is 15.0 Å². The quantitative estimate of drug-likeness (QED) is 0.526. The molecule has 21 heavy (non-hydrogen) atoms. The predicted octanol–water partition coefficient (Wildman–Crippen LogP) is 1.58. The average molecular weight is 338 g/mol. The molecule has 7 nitrogen and oxygen atoms in total. The van der Waals surface area contributed by atoms with Crippen LogP contribution in [0.3, 0.4) is 0 Å². The molecule has 0 fully saturated rings. The monoisotopic (exact) mass is 337 g/mol. The van der Waals surface area contributed by atoms with Crippen molar-refractivity contribution >= 4 is 25.6 Å². The van der Waals surface area contributed by atoms with Crippen LogP contribution in [-0.2, 0) is 13.8 Å². The molecule has 0 aromatic carbocycles. The summed E-state index contributed by atoms with van der Waals surface area (Å²) in [5.41, 5.74) is 0.0208. The van der Waals surface area contributed by atoms with Gasteiger partial charge in [-0.15, -0.1) is 0 Å². The van der Waals surface area contributed by atoms with E-state index in [0.29, 0.717) is 26.2 Å². The average Bonchev–Trinajstić information content (AvgIpc) is 2.79. The van der Waals surface area contributed by atoms with Gasteiger partial charge in [0, 0.05) is 30.4 Å². The van der Waals surface area contributed by atoms with E-state index in [9.17, 15) is 13.2 Å². The number of aromatic amines is 1. The Hall–Kier alpha value is -1.12. The van der Waals surface area contributed by atoms with Crippen LogP contribution in [0.2, 0.25) is 0 Å². The number of aromatic nitrogens is 2. The Morgan fingerprint density at radius 3 is 2.67 bits per heavy atom. The number of carbonyl (C=O) groups excluding carboxylic acids is 1. The smallest absolute Gasteiger partial charge is 0.273 e. The van der Waals surface area contributed by atoms with Crippen LogP contribution < -0.4 is 5.32 Å². The van der Waals surface area contributed by atoms with Crippen molar-refractivity contribution in [3.8, 4) is 0 Å². The molecule has 0 saturated heterocycles. The summed E-state index contributed by atoms with van der Waals surface area (Å²) in [6.45, 7) is 5.19. The van der Waals surface area contributed by atoms with Gasteiger partial charge in [-0.25, -0.2) is 8.42 Å². The van der Waals surface area contributed by atoms with E-state index in [1.807, 2.05) is 0 Å². The number of H-pyrrole nitrogens is 1. The SMILES string of the molecule is CCCCOCCCNC(=O)c1n[nH]c(C)c1S(=O)(=O)Cl. The molecule has 2 N–H and O–H groups in total. The number of rotatable bonds is 9. The molecule has 1 aromatic heterocycles. The standard InChI is InChI=1S/C12H20ClN3O4S/c1-3-4-7-20-8-5-6-14-12(17)10-11(21(13,18)19)9(2)15-16-10/h3-8H2,1-2H3,(H,14,17)(H,15,16). The number of aryl methyl sites for hydroxylation is 1. The number of nitrogens with one attached hydrogen (secondary N) is 2. The Morgan fingerprint density at radius 2 is 2.05 bits per heavy atom. The number of amides is 1. The highest BCUT2D eigenvalue weighted by atomic mass is 35.7. The fourth-order valence-electron chi connectivity index (χ4n) is 1.68. The molecule has 0 aliphatic rings. The van der Waals surface area contributed by atoms with Crippen molar-refractivity contribution in [1.82, 2.24) is 15.5 Å². The lowest BCUT2D eigenvalue weighted by molar-refractivity contribution is 0.0932. The summed E-state index contributed by atoms with van der Waals surface area (Å²) in [7, 11) is 1.28. The lowest BCUT2D eigenvalue weighted by Gasteiger charge is -2.05. The highest BCUT2D eigenvalue weighted by Gasteiger charge is 2.26. The second kappa shape index (κ2) is 8.35. The van der Waals surface area contributed by atoms with E-state index in [4.69, 9.17) is 15.4 Å². The molecule has 9 heteroatoms. The number of hydrogen-bond donors (Lipinski definition) is 2. The molecule has 1 aromatic rings. The van der Waals surface area contributed by atoms with Crippen LogP contribution in [0.5, 0.6) is 0 Å². The van der Waals surface area contributed by atoms with Gasteiger partial charge < -0.3 is 10.1 Å². The molecule has 0 radical (unpaired) electrons. The minimum absolute atomic E-state index is 0.214. The Balaban J connectivity index is 2.47. The van der Waals surface area contributed by atoms with Gasteiger partial charge in [-0.3, -0.25) is 9.89 Å². The third-order valence-corrected chi connectivity index (χ3v) is 4.19. The van der Waals surface area contributed by atoms with Crippen LogP contribution in [0.15, 0.2) is 4.90 Å². The van der Waals surface area contributed by atoms with Crippen LogP contribution in [0.4, 0.5) is 0 Å². The molecule has 0 atom stereocenters. The molecule has 1 rings (SSSR count). The van der Waals surface area contributed by atoms with Gasteiger partial charge in [0.25, 0.3) is 15.0 Å². The Kier molecular flexibility index (Phi) is 7.13. The zero-order valence-corrected chi connectivity index (χ0v) is 13.7. The first-order valence-electron chi connectivity index (χ1n) is 6.73. The van der Waals surface area contributed by atoms with Crippen molar-refractivity contribution in [3.05, 3.63) is 11.4 Å². The molecule has 0 saturated carbocycles. The molecule has 0 unspecified atom stereocenters. The predicted molar refractivity (Wildman–Crippen MR) is 79.0 cm³/mol.